The molecule has 2 N–H and O–H groups in total. The van der Waals surface area contributed by atoms with Crippen molar-refractivity contribution >= 4 is 15.7 Å². The summed E-state index contributed by atoms with van der Waals surface area (Å²) in [5.41, 5.74) is 0. The highest BCUT2D eigenvalue weighted by molar-refractivity contribution is 7.91. The predicted molar refractivity (Wildman–Crippen MR) is 83.0 cm³/mol. The van der Waals surface area contributed by atoms with E-state index in [0.717, 1.165) is 38.9 Å². The van der Waals surface area contributed by atoms with E-state index in [4.69, 9.17) is 0 Å². The lowest BCUT2D eigenvalue weighted by atomic mass is 10.1. The van der Waals surface area contributed by atoms with Crippen LogP contribution in [0.3, 0.4) is 0 Å². The number of hydrogen-bond donors (Lipinski definition) is 2. The van der Waals surface area contributed by atoms with Crippen molar-refractivity contribution in [1.82, 2.24) is 15.5 Å². The molecule has 2 rings (SSSR count). The fourth-order valence-corrected chi connectivity index (χ4v) is 4.86. The molecule has 0 aliphatic carbocycles. The largest absolute Gasteiger partial charge is 0.351 e. The zero-order chi connectivity index (χ0) is 15.3. The van der Waals surface area contributed by atoms with Crippen LogP contribution in [-0.2, 0) is 14.6 Å². The molecule has 6 nitrogen and oxygen atoms in total. The van der Waals surface area contributed by atoms with Crippen LogP contribution in [0.4, 0.5) is 0 Å². The van der Waals surface area contributed by atoms with Gasteiger partial charge in [0.15, 0.2) is 9.84 Å². The summed E-state index contributed by atoms with van der Waals surface area (Å²) in [6, 6.07) is 0.215. The van der Waals surface area contributed by atoms with Gasteiger partial charge >= 0.3 is 0 Å². The lowest BCUT2D eigenvalue weighted by Gasteiger charge is -2.34. The van der Waals surface area contributed by atoms with E-state index in [1.807, 2.05) is 0 Å². The first-order chi connectivity index (χ1) is 10.00. The van der Waals surface area contributed by atoms with Crippen LogP contribution in [0.15, 0.2) is 0 Å². The van der Waals surface area contributed by atoms with Crippen molar-refractivity contribution in [1.29, 1.82) is 0 Å². The van der Waals surface area contributed by atoms with Crippen LogP contribution < -0.4 is 10.6 Å². The van der Waals surface area contributed by atoms with Crippen LogP contribution >= 0.6 is 0 Å². The molecule has 2 unspecified atom stereocenters. The van der Waals surface area contributed by atoms with Crippen LogP contribution in [0.2, 0.25) is 0 Å². The molecule has 2 atom stereocenters. The number of carbonyl (C=O) groups is 1. The van der Waals surface area contributed by atoms with E-state index < -0.39 is 9.84 Å². The van der Waals surface area contributed by atoms with E-state index in [2.05, 4.69) is 22.5 Å². The molecule has 21 heavy (non-hydrogen) atoms. The van der Waals surface area contributed by atoms with Gasteiger partial charge in [0.25, 0.3) is 0 Å². The highest BCUT2D eigenvalue weighted by atomic mass is 32.2. The molecular formula is C14H27N3O3S. The van der Waals surface area contributed by atoms with Crippen LogP contribution in [0, 0.1) is 0 Å². The number of sulfone groups is 1. The van der Waals surface area contributed by atoms with Gasteiger partial charge in [0.1, 0.15) is 0 Å². The lowest BCUT2D eigenvalue weighted by molar-refractivity contribution is -0.123. The van der Waals surface area contributed by atoms with Crippen molar-refractivity contribution in [3.63, 3.8) is 0 Å². The van der Waals surface area contributed by atoms with Crippen LogP contribution in [-0.4, -0.2) is 69.0 Å². The molecule has 0 bridgehead atoms. The molecule has 0 radical (unpaired) electrons. The summed E-state index contributed by atoms with van der Waals surface area (Å²) in [4.78, 5) is 14.4. The summed E-state index contributed by atoms with van der Waals surface area (Å²) >= 11 is 0. The maximum Gasteiger partial charge on any atom is 0.234 e. The molecule has 122 valence electrons. The smallest absolute Gasteiger partial charge is 0.234 e. The van der Waals surface area contributed by atoms with E-state index in [9.17, 15) is 13.2 Å². The summed E-state index contributed by atoms with van der Waals surface area (Å²) in [5, 5.41) is 6.26. The molecule has 2 fully saturated rings. The number of hydrogen-bond acceptors (Lipinski definition) is 5. The summed E-state index contributed by atoms with van der Waals surface area (Å²) in [7, 11) is -2.94. The lowest BCUT2D eigenvalue weighted by Crippen LogP contribution is -2.51. The van der Waals surface area contributed by atoms with E-state index in [-0.39, 0.29) is 23.5 Å². The maximum atomic E-state index is 12.2. The molecule has 0 aromatic carbocycles. The Balaban J connectivity index is 1.83. The third-order valence-electron chi connectivity index (χ3n) is 4.24. The van der Waals surface area contributed by atoms with Gasteiger partial charge < -0.3 is 10.6 Å². The van der Waals surface area contributed by atoms with Crippen molar-refractivity contribution in [3.8, 4) is 0 Å². The van der Waals surface area contributed by atoms with E-state index in [1.165, 1.54) is 0 Å². The molecule has 0 aromatic heterocycles. The minimum Gasteiger partial charge on any atom is -0.351 e. The first-order valence-electron chi connectivity index (χ1n) is 7.94. The minimum atomic E-state index is -2.94. The molecular weight excluding hydrogens is 290 g/mol. The van der Waals surface area contributed by atoms with Crippen LogP contribution in [0.1, 0.15) is 32.6 Å². The average Bonchev–Trinajstić information content (AvgIpc) is 2.78. The molecule has 0 spiro atoms. The second-order valence-electron chi connectivity index (χ2n) is 6.14. The fraction of sp³-hybridized carbons (Fsp3) is 0.929. The van der Waals surface area contributed by atoms with Gasteiger partial charge in [0.2, 0.25) is 5.91 Å². The van der Waals surface area contributed by atoms with Crippen molar-refractivity contribution in [2.75, 3.05) is 37.7 Å². The summed E-state index contributed by atoms with van der Waals surface area (Å²) < 4.78 is 22.8. The van der Waals surface area contributed by atoms with Gasteiger partial charge in [-0.25, -0.2) is 8.42 Å². The van der Waals surface area contributed by atoms with Gasteiger partial charge in [0, 0.05) is 18.6 Å². The Morgan fingerprint density at radius 3 is 2.76 bits per heavy atom. The second-order valence-corrected chi connectivity index (χ2v) is 8.37. The molecule has 7 heteroatoms. The molecule has 2 aliphatic heterocycles. The zero-order valence-corrected chi connectivity index (χ0v) is 13.6. The molecule has 2 heterocycles. The molecule has 2 aliphatic rings. The Bertz CT molecular complexity index is 446. The summed E-state index contributed by atoms with van der Waals surface area (Å²) in [6.07, 6.45) is 3.83. The van der Waals surface area contributed by atoms with E-state index in [0.29, 0.717) is 19.0 Å². The Morgan fingerprint density at radius 1 is 1.38 bits per heavy atom. The number of nitrogens with one attached hydrogen (secondary N) is 2. The van der Waals surface area contributed by atoms with Gasteiger partial charge in [0.05, 0.1) is 18.1 Å². The average molecular weight is 317 g/mol. The fourth-order valence-electron chi connectivity index (χ4n) is 3.19. The second kappa shape index (κ2) is 7.56. The van der Waals surface area contributed by atoms with Crippen LogP contribution in [0.25, 0.3) is 0 Å². The number of nitrogens with zero attached hydrogens (tertiary/aromatic N) is 1. The molecule has 2 saturated heterocycles. The quantitative estimate of drug-likeness (QED) is 0.706. The zero-order valence-electron chi connectivity index (χ0n) is 12.8. The van der Waals surface area contributed by atoms with Crippen molar-refractivity contribution in [3.05, 3.63) is 0 Å². The first-order valence-corrected chi connectivity index (χ1v) is 9.77. The van der Waals surface area contributed by atoms with E-state index in [1.54, 1.807) is 0 Å². The first kappa shape index (κ1) is 16.7. The SMILES string of the molecule is CCCN(CC(=O)NC1CCS(=O)(=O)C1)C1CCCNC1. The molecule has 0 aromatic rings. The highest BCUT2D eigenvalue weighted by Crippen LogP contribution is 2.13. The summed E-state index contributed by atoms with van der Waals surface area (Å²) in [5.74, 6) is 0.247. The van der Waals surface area contributed by atoms with Crippen molar-refractivity contribution in [2.24, 2.45) is 0 Å². The predicted octanol–water partition coefficient (Wildman–Crippen LogP) is -0.246. The Morgan fingerprint density at radius 2 is 2.19 bits per heavy atom. The number of rotatable bonds is 6. The van der Waals surface area contributed by atoms with Gasteiger partial charge in [-0.3, -0.25) is 9.69 Å². The minimum absolute atomic E-state index is 0.0453. The Hall–Kier alpha value is -0.660. The monoisotopic (exact) mass is 317 g/mol. The normalized spacial score (nSPS) is 28.7. The van der Waals surface area contributed by atoms with Crippen LogP contribution in [0.5, 0.6) is 0 Å². The number of piperidine rings is 1. The summed E-state index contributed by atoms with van der Waals surface area (Å²) in [6.45, 7) is 5.39. The molecule has 1 amide bonds. The third kappa shape index (κ3) is 5.23. The third-order valence-corrected chi connectivity index (χ3v) is 6.01. The Labute approximate surface area is 127 Å². The molecule has 0 saturated carbocycles. The van der Waals surface area contributed by atoms with Crippen molar-refractivity contribution < 1.29 is 13.2 Å². The van der Waals surface area contributed by atoms with Crippen molar-refractivity contribution in [2.45, 2.75) is 44.7 Å². The number of carbonyl (C=O) groups excluding carboxylic acids is 1. The van der Waals surface area contributed by atoms with Gasteiger partial charge in [-0.2, -0.15) is 0 Å². The Kier molecular flexibility index (Phi) is 6.01. The number of amides is 1. The highest BCUT2D eigenvalue weighted by Gasteiger charge is 2.30. The van der Waals surface area contributed by atoms with Gasteiger partial charge in [-0.1, -0.05) is 6.92 Å². The standard InChI is InChI=1S/C14H27N3O3S/c1-2-7-17(13-4-3-6-15-9-13)10-14(18)16-12-5-8-21(19,20)11-12/h12-13,15H,2-11H2,1H3,(H,16,18). The van der Waals surface area contributed by atoms with Gasteiger partial charge in [-0.05, 0) is 38.8 Å². The topological polar surface area (TPSA) is 78.5 Å². The maximum absolute atomic E-state index is 12.2. The van der Waals surface area contributed by atoms with Gasteiger partial charge in [-0.15, -0.1) is 0 Å². The van der Waals surface area contributed by atoms with E-state index >= 15 is 0 Å².